The first kappa shape index (κ1) is 17.3. The molecule has 1 N–H and O–H groups in total. The van der Waals surface area contributed by atoms with Gasteiger partial charge in [0.25, 0.3) is 0 Å². The Morgan fingerprint density at radius 2 is 2.04 bits per heavy atom. The number of rotatable bonds is 7. The molecule has 0 unspecified atom stereocenters. The smallest absolute Gasteiger partial charge is 0.193 e. The molecular formula is C20H31N3O. The fraction of sp³-hybridized carbons (Fsp3) is 0.650. The third kappa shape index (κ3) is 4.50. The molecule has 4 heteroatoms. The van der Waals surface area contributed by atoms with Crippen LogP contribution < -0.4 is 5.32 Å². The minimum Gasteiger partial charge on any atom is -0.377 e. The number of likely N-dealkylation sites (tertiary alicyclic amines) is 1. The van der Waals surface area contributed by atoms with Gasteiger partial charge in [0.15, 0.2) is 5.96 Å². The van der Waals surface area contributed by atoms with E-state index in [1.165, 1.54) is 44.3 Å². The topological polar surface area (TPSA) is 36.9 Å². The van der Waals surface area contributed by atoms with Crippen LogP contribution in [-0.4, -0.2) is 44.1 Å². The van der Waals surface area contributed by atoms with Gasteiger partial charge in [-0.3, -0.25) is 4.99 Å². The predicted molar refractivity (Wildman–Crippen MR) is 99.2 cm³/mol. The molecule has 3 rings (SSSR count). The second-order valence-corrected chi connectivity index (χ2v) is 7.24. The van der Waals surface area contributed by atoms with E-state index in [9.17, 15) is 0 Å². The Hall–Kier alpha value is -1.55. The molecule has 1 heterocycles. The molecule has 4 nitrogen and oxygen atoms in total. The molecule has 0 aromatic heterocycles. The van der Waals surface area contributed by atoms with Crippen LogP contribution in [0.25, 0.3) is 0 Å². The van der Waals surface area contributed by atoms with Gasteiger partial charge in [-0.05, 0) is 43.1 Å². The largest absolute Gasteiger partial charge is 0.377 e. The molecule has 1 spiro atoms. The Balaban J connectivity index is 1.26. The van der Waals surface area contributed by atoms with Gasteiger partial charge in [-0.25, -0.2) is 0 Å². The minimum atomic E-state index is 0.628. The normalized spacial score (nSPS) is 19.5. The van der Waals surface area contributed by atoms with E-state index in [-0.39, 0.29) is 0 Å². The molecule has 1 saturated carbocycles. The van der Waals surface area contributed by atoms with Gasteiger partial charge in [-0.15, -0.1) is 0 Å². The van der Waals surface area contributed by atoms with E-state index in [0.29, 0.717) is 12.0 Å². The summed E-state index contributed by atoms with van der Waals surface area (Å²) in [7, 11) is 1.90. The number of unbranched alkanes of at least 4 members (excludes halogenated alkanes) is 1. The van der Waals surface area contributed by atoms with Crippen molar-refractivity contribution in [2.24, 2.45) is 10.4 Å². The standard InChI is InChI=1S/C20H31N3O/c1-21-19(23-14-12-20(17-23)10-7-11-20)22-13-5-6-15-24-16-18-8-3-2-4-9-18/h2-4,8-9H,5-7,10-17H2,1H3,(H,21,22). The fourth-order valence-electron chi connectivity index (χ4n) is 3.83. The van der Waals surface area contributed by atoms with Crippen LogP contribution in [-0.2, 0) is 11.3 Å². The molecule has 0 atom stereocenters. The van der Waals surface area contributed by atoms with Crippen molar-refractivity contribution in [1.29, 1.82) is 0 Å². The highest BCUT2D eigenvalue weighted by molar-refractivity contribution is 5.80. The molecule has 0 amide bonds. The third-order valence-corrected chi connectivity index (χ3v) is 5.47. The molecule has 132 valence electrons. The maximum Gasteiger partial charge on any atom is 0.193 e. The lowest BCUT2D eigenvalue weighted by molar-refractivity contribution is 0.117. The van der Waals surface area contributed by atoms with Crippen molar-refractivity contribution >= 4 is 5.96 Å². The lowest BCUT2D eigenvalue weighted by Gasteiger charge is -2.38. The van der Waals surface area contributed by atoms with Crippen LogP contribution in [0.2, 0.25) is 0 Å². The van der Waals surface area contributed by atoms with E-state index in [1.807, 2.05) is 13.1 Å². The number of hydrogen-bond acceptors (Lipinski definition) is 2. The summed E-state index contributed by atoms with van der Waals surface area (Å²) in [6.07, 6.45) is 7.80. The lowest BCUT2D eigenvalue weighted by atomic mass is 9.68. The van der Waals surface area contributed by atoms with E-state index in [2.05, 4.69) is 39.5 Å². The first-order chi connectivity index (χ1) is 11.8. The van der Waals surface area contributed by atoms with E-state index in [4.69, 9.17) is 4.74 Å². The Bertz CT molecular complexity index is 525. The van der Waals surface area contributed by atoms with Crippen molar-refractivity contribution in [2.75, 3.05) is 33.3 Å². The number of guanidine groups is 1. The van der Waals surface area contributed by atoms with Crippen molar-refractivity contribution < 1.29 is 4.74 Å². The van der Waals surface area contributed by atoms with Gasteiger partial charge in [-0.2, -0.15) is 0 Å². The summed E-state index contributed by atoms with van der Waals surface area (Å²) in [5.41, 5.74) is 1.87. The Morgan fingerprint density at radius 3 is 2.71 bits per heavy atom. The van der Waals surface area contributed by atoms with Crippen molar-refractivity contribution in [2.45, 2.75) is 45.1 Å². The molecule has 2 fully saturated rings. The number of ether oxygens (including phenoxy) is 1. The van der Waals surface area contributed by atoms with Gasteiger partial charge < -0.3 is 15.0 Å². The first-order valence-corrected chi connectivity index (χ1v) is 9.39. The molecule has 1 aliphatic heterocycles. The van der Waals surface area contributed by atoms with E-state index in [1.54, 1.807) is 0 Å². The first-order valence-electron chi connectivity index (χ1n) is 9.39. The highest BCUT2D eigenvalue weighted by Gasteiger charge is 2.43. The van der Waals surface area contributed by atoms with Crippen molar-refractivity contribution in [1.82, 2.24) is 10.2 Å². The maximum absolute atomic E-state index is 5.73. The fourth-order valence-corrected chi connectivity index (χ4v) is 3.83. The molecule has 2 aliphatic rings. The van der Waals surface area contributed by atoms with Gasteiger partial charge in [-0.1, -0.05) is 36.8 Å². The minimum absolute atomic E-state index is 0.628. The summed E-state index contributed by atoms with van der Waals surface area (Å²) in [6.45, 7) is 4.88. The van der Waals surface area contributed by atoms with Crippen molar-refractivity contribution in [3.05, 3.63) is 35.9 Å². The molecule has 1 aromatic carbocycles. The number of nitrogens with one attached hydrogen (secondary N) is 1. The van der Waals surface area contributed by atoms with Gasteiger partial charge in [0.2, 0.25) is 0 Å². The van der Waals surface area contributed by atoms with Gasteiger partial charge >= 0.3 is 0 Å². The summed E-state index contributed by atoms with van der Waals surface area (Å²) in [4.78, 5) is 6.92. The van der Waals surface area contributed by atoms with Crippen LogP contribution in [0.15, 0.2) is 35.3 Å². The summed E-state index contributed by atoms with van der Waals surface area (Å²) in [5.74, 6) is 1.09. The number of hydrogen-bond donors (Lipinski definition) is 1. The Labute approximate surface area is 146 Å². The van der Waals surface area contributed by atoms with Crippen LogP contribution in [0.4, 0.5) is 0 Å². The average Bonchev–Trinajstić information content (AvgIpc) is 3.04. The van der Waals surface area contributed by atoms with Gasteiger partial charge in [0.1, 0.15) is 0 Å². The average molecular weight is 329 g/mol. The second-order valence-electron chi connectivity index (χ2n) is 7.24. The summed E-state index contributed by atoms with van der Waals surface area (Å²) < 4.78 is 5.73. The van der Waals surface area contributed by atoms with Crippen LogP contribution in [0.1, 0.15) is 44.1 Å². The zero-order valence-electron chi connectivity index (χ0n) is 15.0. The lowest BCUT2D eigenvalue weighted by Crippen LogP contribution is -2.42. The zero-order chi connectivity index (χ0) is 16.7. The van der Waals surface area contributed by atoms with Crippen LogP contribution >= 0.6 is 0 Å². The molecule has 24 heavy (non-hydrogen) atoms. The van der Waals surface area contributed by atoms with E-state index < -0.39 is 0 Å². The van der Waals surface area contributed by atoms with Crippen LogP contribution in [0, 0.1) is 5.41 Å². The number of benzene rings is 1. The quantitative estimate of drug-likeness (QED) is 0.473. The van der Waals surface area contributed by atoms with Crippen molar-refractivity contribution in [3.63, 3.8) is 0 Å². The zero-order valence-corrected chi connectivity index (χ0v) is 15.0. The van der Waals surface area contributed by atoms with Crippen LogP contribution in [0.3, 0.4) is 0 Å². The molecular weight excluding hydrogens is 298 g/mol. The van der Waals surface area contributed by atoms with Gasteiger partial charge in [0, 0.05) is 33.3 Å². The van der Waals surface area contributed by atoms with Crippen molar-refractivity contribution in [3.8, 4) is 0 Å². The molecule has 0 bridgehead atoms. The SMILES string of the molecule is CN=C(NCCCCOCc1ccccc1)N1CCC2(CCC2)C1. The third-order valence-electron chi connectivity index (χ3n) is 5.47. The number of aliphatic imine (C=N–C) groups is 1. The van der Waals surface area contributed by atoms with E-state index in [0.717, 1.165) is 32.0 Å². The summed E-state index contributed by atoms with van der Waals surface area (Å²) >= 11 is 0. The number of nitrogens with zero attached hydrogens (tertiary/aromatic N) is 2. The van der Waals surface area contributed by atoms with E-state index >= 15 is 0 Å². The van der Waals surface area contributed by atoms with Gasteiger partial charge in [0.05, 0.1) is 6.61 Å². The molecule has 1 saturated heterocycles. The predicted octanol–water partition coefficient (Wildman–Crippen LogP) is 3.43. The molecule has 1 aromatic rings. The Kier molecular flexibility index (Phi) is 6.13. The summed E-state index contributed by atoms with van der Waals surface area (Å²) in [5, 5.41) is 3.53. The molecule has 1 aliphatic carbocycles. The summed E-state index contributed by atoms with van der Waals surface area (Å²) in [6, 6.07) is 10.4. The second kappa shape index (κ2) is 8.52. The Morgan fingerprint density at radius 1 is 1.21 bits per heavy atom. The maximum atomic E-state index is 5.73. The molecule has 0 radical (unpaired) electrons. The highest BCUT2D eigenvalue weighted by atomic mass is 16.5. The highest BCUT2D eigenvalue weighted by Crippen LogP contribution is 2.47. The monoisotopic (exact) mass is 329 g/mol. The van der Waals surface area contributed by atoms with Crippen LogP contribution in [0.5, 0.6) is 0 Å².